The molecule has 1 saturated heterocycles. The molecule has 1 fully saturated rings. The number of urea groups is 1. The van der Waals surface area contributed by atoms with Crippen molar-refractivity contribution < 1.29 is 17.6 Å². The first-order valence-corrected chi connectivity index (χ1v) is 14.5. The van der Waals surface area contributed by atoms with Crippen LogP contribution in [0.15, 0.2) is 42.5 Å². The molecule has 2 aromatic carbocycles. The number of anilines is 2. The third-order valence-electron chi connectivity index (χ3n) is 7.03. The molecule has 2 atom stereocenters. The van der Waals surface area contributed by atoms with Crippen molar-refractivity contribution in [1.82, 2.24) is 10.6 Å². The van der Waals surface area contributed by atoms with Gasteiger partial charge in [-0.25, -0.2) is 17.6 Å². The van der Waals surface area contributed by atoms with Gasteiger partial charge in [-0.15, -0.1) is 0 Å². The van der Waals surface area contributed by atoms with E-state index >= 15 is 0 Å². The summed E-state index contributed by atoms with van der Waals surface area (Å²) in [6.07, 6.45) is 2.60. The number of carbonyl (C=O) groups excluding carboxylic acids is 1. The predicted octanol–water partition coefficient (Wildman–Crippen LogP) is 5.60. The molecule has 1 aliphatic heterocycles. The van der Waals surface area contributed by atoms with Gasteiger partial charge in [0.25, 0.3) is 0 Å². The fourth-order valence-electron chi connectivity index (χ4n) is 4.96. The highest BCUT2D eigenvalue weighted by Crippen LogP contribution is 2.41. The lowest BCUT2D eigenvalue weighted by Gasteiger charge is -2.37. The number of hydrogen-bond donors (Lipinski definition) is 4. The van der Waals surface area contributed by atoms with E-state index < -0.39 is 15.4 Å². The van der Waals surface area contributed by atoms with Crippen LogP contribution in [-0.4, -0.2) is 44.3 Å². The first kappa shape index (κ1) is 28.6. The topological polar surface area (TPSA) is 111 Å². The second kappa shape index (κ2) is 11.2. The lowest BCUT2D eigenvalue weighted by Crippen LogP contribution is -2.52. The highest BCUT2D eigenvalue weighted by molar-refractivity contribution is 7.91. The van der Waals surface area contributed by atoms with E-state index in [0.29, 0.717) is 24.4 Å². The van der Waals surface area contributed by atoms with Gasteiger partial charge in [-0.3, -0.25) is 0 Å². The van der Waals surface area contributed by atoms with E-state index in [4.69, 9.17) is 5.41 Å². The SMILES string of the molecule is CC(C)CC(c1ccc(Nc2ccc(F)cc2)c(C=N)c1)C(C)(C)CNC(=O)NC1(C)CCS(=O)(=O)C1. The molecule has 3 rings (SSSR count). The summed E-state index contributed by atoms with van der Waals surface area (Å²) in [6.45, 7) is 10.7. The summed E-state index contributed by atoms with van der Waals surface area (Å²) < 4.78 is 37.0. The number of sulfone groups is 1. The molecule has 7 nitrogen and oxygen atoms in total. The minimum Gasteiger partial charge on any atom is -0.355 e. The lowest BCUT2D eigenvalue weighted by atomic mass is 9.71. The number of hydrogen-bond acceptors (Lipinski definition) is 5. The Morgan fingerprint density at radius 1 is 1.19 bits per heavy atom. The van der Waals surface area contributed by atoms with E-state index in [-0.39, 0.29) is 34.7 Å². The van der Waals surface area contributed by atoms with Gasteiger partial charge in [0.15, 0.2) is 9.84 Å². The number of halogens is 1. The Labute approximate surface area is 220 Å². The largest absolute Gasteiger partial charge is 0.355 e. The van der Waals surface area contributed by atoms with Gasteiger partial charge < -0.3 is 21.4 Å². The van der Waals surface area contributed by atoms with Crippen LogP contribution in [0.25, 0.3) is 0 Å². The highest BCUT2D eigenvalue weighted by atomic mass is 32.2. The molecule has 0 radical (unpaired) electrons. The van der Waals surface area contributed by atoms with Crippen molar-refractivity contribution in [3.8, 4) is 0 Å². The zero-order chi connectivity index (χ0) is 27.4. The molecule has 1 aliphatic rings. The fraction of sp³-hybridized carbons (Fsp3) is 0.500. The molecule has 0 aliphatic carbocycles. The third-order valence-corrected chi connectivity index (χ3v) is 8.93. The highest BCUT2D eigenvalue weighted by Gasteiger charge is 2.40. The van der Waals surface area contributed by atoms with Crippen LogP contribution >= 0.6 is 0 Å². The zero-order valence-electron chi connectivity index (χ0n) is 22.3. The van der Waals surface area contributed by atoms with Crippen molar-refractivity contribution in [1.29, 1.82) is 5.41 Å². The van der Waals surface area contributed by atoms with Gasteiger partial charge in [0.1, 0.15) is 5.82 Å². The minimum absolute atomic E-state index is 0.0442. The molecule has 37 heavy (non-hydrogen) atoms. The van der Waals surface area contributed by atoms with Crippen molar-refractivity contribution in [2.24, 2.45) is 11.3 Å². The van der Waals surface area contributed by atoms with E-state index in [0.717, 1.165) is 23.4 Å². The number of benzene rings is 2. The van der Waals surface area contributed by atoms with E-state index in [2.05, 4.69) is 43.6 Å². The second-order valence-electron chi connectivity index (χ2n) is 11.5. The maximum absolute atomic E-state index is 13.3. The summed E-state index contributed by atoms with van der Waals surface area (Å²) in [4.78, 5) is 12.7. The van der Waals surface area contributed by atoms with Gasteiger partial charge in [0.2, 0.25) is 0 Å². The molecule has 2 amide bonds. The number of rotatable bonds is 10. The van der Waals surface area contributed by atoms with Crippen LogP contribution in [0.2, 0.25) is 0 Å². The third kappa shape index (κ3) is 7.77. The standard InChI is InChI=1S/C28H39FN4O3S/c1-19(2)14-24(27(3,4)17-31-26(34)33-28(5)12-13-37(35,36)18-28)20-6-11-25(21(15-20)16-30)32-23-9-7-22(29)8-10-23/h6-11,15-16,19,24,30,32H,12-14,17-18H2,1-5H3,(H2,31,33,34). The van der Waals surface area contributed by atoms with Crippen LogP contribution in [0.4, 0.5) is 20.6 Å². The molecule has 2 aromatic rings. The summed E-state index contributed by atoms with van der Waals surface area (Å²) in [5.41, 5.74) is 2.19. The molecular weight excluding hydrogens is 491 g/mol. The summed E-state index contributed by atoms with van der Waals surface area (Å²) in [7, 11) is -3.12. The van der Waals surface area contributed by atoms with Gasteiger partial charge in [0, 0.05) is 29.7 Å². The van der Waals surface area contributed by atoms with Crippen LogP contribution in [0.1, 0.15) is 64.5 Å². The quantitative estimate of drug-likeness (QED) is 0.300. The molecule has 0 aromatic heterocycles. The van der Waals surface area contributed by atoms with E-state index in [9.17, 15) is 17.6 Å². The molecule has 0 saturated carbocycles. The number of nitrogens with one attached hydrogen (secondary N) is 4. The second-order valence-corrected chi connectivity index (χ2v) is 13.7. The van der Waals surface area contributed by atoms with Crippen molar-refractivity contribution in [2.45, 2.75) is 58.9 Å². The van der Waals surface area contributed by atoms with E-state index in [1.54, 1.807) is 19.1 Å². The van der Waals surface area contributed by atoms with Crippen LogP contribution in [-0.2, 0) is 9.84 Å². The maximum Gasteiger partial charge on any atom is 0.315 e. The van der Waals surface area contributed by atoms with E-state index in [1.807, 2.05) is 18.2 Å². The van der Waals surface area contributed by atoms with Crippen molar-refractivity contribution in [3.05, 3.63) is 59.4 Å². The fourth-order valence-corrected chi connectivity index (χ4v) is 7.05. The normalized spacial score (nSPS) is 19.9. The van der Waals surface area contributed by atoms with Gasteiger partial charge in [-0.1, -0.05) is 33.8 Å². The van der Waals surface area contributed by atoms with Gasteiger partial charge >= 0.3 is 6.03 Å². The van der Waals surface area contributed by atoms with Crippen LogP contribution in [0.3, 0.4) is 0 Å². The van der Waals surface area contributed by atoms with Crippen molar-refractivity contribution in [2.75, 3.05) is 23.4 Å². The Bertz CT molecular complexity index is 1230. The van der Waals surface area contributed by atoms with Crippen LogP contribution in [0.5, 0.6) is 0 Å². The first-order chi connectivity index (χ1) is 17.2. The smallest absolute Gasteiger partial charge is 0.315 e. The van der Waals surface area contributed by atoms with Crippen molar-refractivity contribution in [3.63, 3.8) is 0 Å². The van der Waals surface area contributed by atoms with E-state index in [1.165, 1.54) is 18.3 Å². The van der Waals surface area contributed by atoms with Gasteiger partial charge in [-0.2, -0.15) is 0 Å². The summed E-state index contributed by atoms with van der Waals surface area (Å²) in [5.74, 6) is 0.233. The van der Waals surface area contributed by atoms with Gasteiger partial charge in [0.05, 0.1) is 17.0 Å². The van der Waals surface area contributed by atoms with Gasteiger partial charge in [-0.05, 0) is 79.0 Å². The summed E-state index contributed by atoms with van der Waals surface area (Å²) in [5, 5.41) is 17.1. The Morgan fingerprint density at radius 2 is 1.86 bits per heavy atom. The first-order valence-electron chi connectivity index (χ1n) is 12.7. The average Bonchev–Trinajstić information content (AvgIpc) is 3.10. The Balaban J connectivity index is 1.76. The average molecular weight is 531 g/mol. The maximum atomic E-state index is 13.3. The number of amides is 2. The molecule has 2 unspecified atom stereocenters. The van der Waals surface area contributed by atoms with Crippen molar-refractivity contribution >= 4 is 33.5 Å². The summed E-state index contributed by atoms with van der Waals surface area (Å²) in [6, 6.07) is 11.7. The molecule has 9 heteroatoms. The summed E-state index contributed by atoms with van der Waals surface area (Å²) >= 11 is 0. The van der Waals surface area contributed by atoms with Crippen LogP contribution < -0.4 is 16.0 Å². The molecule has 0 bridgehead atoms. The molecule has 0 spiro atoms. The minimum atomic E-state index is -3.12. The number of carbonyl (C=O) groups is 1. The Kier molecular flexibility index (Phi) is 8.67. The van der Waals surface area contributed by atoms with Crippen LogP contribution in [0, 0.1) is 22.6 Å². The molecule has 1 heterocycles. The molecular formula is C28H39FN4O3S. The Morgan fingerprint density at radius 3 is 2.43 bits per heavy atom. The molecule has 202 valence electrons. The zero-order valence-corrected chi connectivity index (χ0v) is 23.1. The monoisotopic (exact) mass is 530 g/mol. The predicted molar refractivity (Wildman–Crippen MR) is 148 cm³/mol. The molecule has 4 N–H and O–H groups in total. The lowest BCUT2D eigenvalue weighted by molar-refractivity contribution is 0.210. The Hall–Kier alpha value is -2.94.